The summed E-state index contributed by atoms with van der Waals surface area (Å²) in [5.41, 5.74) is 1.15. The summed E-state index contributed by atoms with van der Waals surface area (Å²) in [4.78, 5) is 11.4. The van der Waals surface area contributed by atoms with Gasteiger partial charge in [-0.1, -0.05) is 41.4 Å². The minimum Gasteiger partial charge on any atom is -0.465 e. The molecule has 0 heterocycles. The third-order valence-electron chi connectivity index (χ3n) is 2.68. The van der Waals surface area contributed by atoms with Crippen molar-refractivity contribution >= 4 is 21.9 Å². The molecule has 0 aromatic heterocycles. The number of hydrogen-bond acceptors (Lipinski definition) is 3. The van der Waals surface area contributed by atoms with Crippen LogP contribution in [0, 0.1) is 0 Å². The molecule has 0 saturated carbocycles. The lowest BCUT2D eigenvalue weighted by molar-refractivity contribution is -0.142. The van der Waals surface area contributed by atoms with E-state index in [1.54, 1.807) is 0 Å². The van der Waals surface area contributed by atoms with Gasteiger partial charge in [-0.3, -0.25) is 4.79 Å². The number of esters is 1. The van der Waals surface area contributed by atoms with Crippen LogP contribution in [0.5, 0.6) is 0 Å². The molecular weight excluding hydrogens is 294 g/mol. The van der Waals surface area contributed by atoms with E-state index in [9.17, 15) is 4.79 Å². The van der Waals surface area contributed by atoms with Gasteiger partial charge in [0.2, 0.25) is 0 Å². The largest absolute Gasteiger partial charge is 0.465 e. The van der Waals surface area contributed by atoms with Crippen LogP contribution in [0.15, 0.2) is 28.7 Å². The molecule has 4 heteroatoms. The second-order valence-electron chi connectivity index (χ2n) is 4.23. The summed E-state index contributed by atoms with van der Waals surface area (Å²) in [6.45, 7) is 4.87. The molecular formula is C14H20BrNO2. The van der Waals surface area contributed by atoms with Crippen molar-refractivity contribution in [2.45, 2.75) is 32.7 Å². The van der Waals surface area contributed by atoms with E-state index in [-0.39, 0.29) is 18.6 Å². The number of halogens is 1. The van der Waals surface area contributed by atoms with E-state index in [1.165, 1.54) is 0 Å². The zero-order valence-electron chi connectivity index (χ0n) is 10.9. The quantitative estimate of drug-likeness (QED) is 0.619. The maximum Gasteiger partial charge on any atom is 0.319 e. The van der Waals surface area contributed by atoms with Gasteiger partial charge >= 0.3 is 5.97 Å². The molecule has 1 N–H and O–H groups in total. The first-order chi connectivity index (χ1) is 8.63. The number of carbonyl (C=O) groups is 1. The lowest BCUT2D eigenvalue weighted by Crippen LogP contribution is -2.27. The summed E-state index contributed by atoms with van der Waals surface area (Å²) in [5.74, 6) is -0.188. The van der Waals surface area contributed by atoms with Gasteiger partial charge in [-0.15, -0.1) is 0 Å². The van der Waals surface area contributed by atoms with Gasteiger partial charge in [-0.25, -0.2) is 0 Å². The lowest BCUT2D eigenvalue weighted by Gasteiger charge is -2.13. The number of hydrogen-bond donors (Lipinski definition) is 1. The van der Waals surface area contributed by atoms with Gasteiger partial charge in [-0.2, -0.15) is 0 Å². The van der Waals surface area contributed by atoms with E-state index in [0.29, 0.717) is 6.61 Å². The molecule has 3 nitrogen and oxygen atoms in total. The van der Waals surface area contributed by atoms with Gasteiger partial charge in [0.1, 0.15) is 0 Å². The Bertz CT molecular complexity index is 365. The van der Waals surface area contributed by atoms with E-state index >= 15 is 0 Å². The number of ether oxygens (including phenoxy) is 1. The van der Waals surface area contributed by atoms with Crippen LogP contribution in [0.25, 0.3) is 0 Å². The molecule has 1 rings (SSSR count). The SMILES string of the molecule is CCCCOC(=O)CN[C@H](C)c1ccc(Br)cc1. The second kappa shape index (κ2) is 8.27. The van der Waals surface area contributed by atoms with Gasteiger partial charge in [0.15, 0.2) is 0 Å². The predicted molar refractivity (Wildman–Crippen MR) is 76.4 cm³/mol. The van der Waals surface area contributed by atoms with Crippen molar-refractivity contribution in [1.29, 1.82) is 0 Å². The van der Waals surface area contributed by atoms with Crippen LogP contribution in [-0.4, -0.2) is 19.1 Å². The fraction of sp³-hybridized carbons (Fsp3) is 0.500. The van der Waals surface area contributed by atoms with Crippen molar-refractivity contribution in [3.63, 3.8) is 0 Å². The van der Waals surface area contributed by atoms with Gasteiger partial charge in [0, 0.05) is 10.5 Å². The molecule has 0 bridgehead atoms. The fourth-order valence-corrected chi connectivity index (χ4v) is 1.75. The number of carbonyl (C=O) groups excluding carboxylic acids is 1. The monoisotopic (exact) mass is 313 g/mol. The first-order valence-electron chi connectivity index (χ1n) is 6.28. The molecule has 0 aliphatic rings. The standard InChI is InChI=1S/C14H20BrNO2/c1-3-4-9-18-14(17)10-16-11(2)12-5-7-13(15)8-6-12/h5-8,11,16H,3-4,9-10H2,1-2H3/t11-/m1/s1. The summed E-state index contributed by atoms with van der Waals surface area (Å²) >= 11 is 3.40. The zero-order chi connectivity index (χ0) is 13.4. The summed E-state index contributed by atoms with van der Waals surface area (Å²) < 4.78 is 6.13. The minimum atomic E-state index is -0.188. The highest BCUT2D eigenvalue weighted by Gasteiger charge is 2.08. The maximum atomic E-state index is 11.4. The smallest absolute Gasteiger partial charge is 0.319 e. The van der Waals surface area contributed by atoms with Crippen molar-refractivity contribution in [3.8, 4) is 0 Å². The lowest BCUT2D eigenvalue weighted by atomic mass is 10.1. The molecule has 0 aliphatic carbocycles. The average molecular weight is 314 g/mol. The van der Waals surface area contributed by atoms with Crippen molar-refractivity contribution in [3.05, 3.63) is 34.3 Å². The highest BCUT2D eigenvalue weighted by molar-refractivity contribution is 9.10. The van der Waals surface area contributed by atoms with E-state index in [0.717, 1.165) is 22.9 Å². The van der Waals surface area contributed by atoms with Gasteiger partial charge in [-0.05, 0) is 31.0 Å². The summed E-state index contributed by atoms with van der Waals surface area (Å²) in [6, 6.07) is 8.19. The molecule has 1 aromatic rings. The van der Waals surface area contributed by atoms with E-state index < -0.39 is 0 Å². The summed E-state index contributed by atoms with van der Waals surface area (Å²) in [6.07, 6.45) is 1.96. The molecule has 18 heavy (non-hydrogen) atoms. The molecule has 0 spiro atoms. The van der Waals surface area contributed by atoms with E-state index in [4.69, 9.17) is 4.74 Å². The Morgan fingerprint density at radius 2 is 2.06 bits per heavy atom. The predicted octanol–water partition coefficient (Wildman–Crippen LogP) is 3.44. The molecule has 0 radical (unpaired) electrons. The van der Waals surface area contributed by atoms with Gasteiger partial charge < -0.3 is 10.1 Å². The molecule has 0 saturated heterocycles. The molecule has 0 unspecified atom stereocenters. The Labute approximate surface area is 117 Å². The summed E-state index contributed by atoms with van der Waals surface area (Å²) in [7, 11) is 0. The second-order valence-corrected chi connectivity index (χ2v) is 5.14. The molecule has 1 atom stereocenters. The normalized spacial score (nSPS) is 12.2. The molecule has 1 aromatic carbocycles. The third-order valence-corrected chi connectivity index (χ3v) is 3.21. The Morgan fingerprint density at radius 3 is 2.67 bits per heavy atom. The highest BCUT2D eigenvalue weighted by atomic mass is 79.9. The van der Waals surface area contributed by atoms with Crippen LogP contribution in [0.3, 0.4) is 0 Å². The first-order valence-corrected chi connectivity index (χ1v) is 7.07. The van der Waals surface area contributed by atoms with E-state index in [1.807, 2.05) is 31.2 Å². The van der Waals surface area contributed by atoms with Crippen LogP contribution in [0.1, 0.15) is 38.3 Å². The maximum absolute atomic E-state index is 11.4. The van der Waals surface area contributed by atoms with Crippen molar-refractivity contribution in [2.24, 2.45) is 0 Å². The van der Waals surface area contributed by atoms with Crippen LogP contribution in [0.2, 0.25) is 0 Å². The molecule has 100 valence electrons. The number of unbranched alkanes of at least 4 members (excludes halogenated alkanes) is 1. The Hall–Kier alpha value is -0.870. The van der Waals surface area contributed by atoms with Crippen LogP contribution in [0.4, 0.5) is 0 Å². The number of benzene rings is 1. The zero-order valence-corrected chi connectivity index (χ0v) is 12.5. The third kappa shape index (κ3) is 5.65. The van der Waals surface area contributed by atoms with Gasteiger partial charge in [0.25, 0.3) is 0 Å². The minimum absolute atomic E-state index is 0.136. The summed E-state index contributed by atoms with van der Waals surface area (Å²) in [5, 5.41) is 3.16. The number of rotatable bonds is 7. The number of nitrogens with one attached hydrogen (secondary N) is 1. The Balaban J connectivity index is 2.30. The van der Waals surface area contributed by atoms with E-state index in [2.05, 4.69) is 28.2 Å². The van der Waals surface area contributed by atoms with Crippen molar-refractivity contribution in [2.75, 3.05) is 13.2 Å². The van der Waals surface area contributed by atoms with Crippen LogP contribution in [-0.2, 0) is 9.53 Å². The van der Waals surface area contributed by atoms with Crippen molar-refractivity contribution in [1.82, 2.24) is 5.32 Å². The topological polar surface area (TPSA) is 38.3 Å². The Kier molecular flexibility index (Phi) is 6.98. The fourth-order valence-electron chi connectivity index (χ4n) is 1.49. The van der Waals surface area contributed by atoms with Crippen LogP contribution >= 0.6 is 15.9 Å². The van der Waals surface area contributed by atoms with Gasteiger partial charge in [0.05, 0.1) is 13.2 Å². The Morgan fingerprint density at radius 1 is 1.39 bits per heavy atom. The highest BCUT2D eigenvalue weighted by Crippen LogP contribution is 2.16. The molecule has 0 fully saturated rings. The van der Waals surface area contributed by atoms with Crippen LogP contribution < -0.4 is 5.32 Å². The van der Waals surface area contributed by atoms with Crippen molar-refractivity contribution < 1.29 is 9.53 Å². The molecule has 0 amide bonds. The molecule has 0 aliphatic heterocycles. The average Bonchev–Trinajstić information content (AvgIpc) is 2.37. The first kappa shape index (κ1) is 15.2.